The first-order valence-electron chi connectivity index (χ1n) is 21.9. The highest BCUT2D eigenvalue weighted by Crippen LogP contribution is 2.43. The van der Waals surface area contributed by atoms with Crippen LogP contribution in [0, 0.1) is 0 Å². The van der Waals surface area contributed by atoms with Crippen molar-refractivity contribution < 1.29 is 37.3 Å². The Balaban J connectivity index is 4.28. The van der Waals surface area contributed by atoms with Gasteiger partial charge in [-0.05, 0) is 44.9 Å². The molecule has 1 N–H and O–H groups in total. The Hall–Kier alpha value is -1.54. The number of nitrogens with zero attached hydrogens (tertiary/aromatic N) is 1. The van der Waals surface area contributed by atoms with E-state index < -0.39 is 13.9 Å². The Labute approximate surface area is 333 Å². The second-order valence-corrected chi connectivity index (χ2v) is 17.2. The quantitative estimate of drug-likeness (QED) is 0.0218. The number of allylic oxidation sites excluding steroid dienone is 8. The van der Waals surface area contributed by atoms with Gasteiger partial charge in [0.15, 0.2) is 0 Å². The molecule has 2 atom stereocenters. The predicted molar refractivity (Wildman–Crippen MR) is 229 cm³/mol. The highest BCUT2D eigenvalue weighted by molar-refractivity contribution is 7.47. The molecule has 54 heavy (non-hydrogen) atoms. The average molecular weight is 783 g/mol. The first-order chi connectivity index (χ1) is 26.1. The fourth-order valence-corrected chi connectivity index (χ4v) is 6.53. The van der Waals surface area contributed by atoms with Crippen molar-refractivity contribution in [3.05, 3.63) is 48.6 Å². The number of rotatable bonds is 40. The van der Waals surface area contributed by atoms with E-state index in [0.717, 1.165) is 57.8 Å². The Morgan fingerprint density at radius 3 is 1.54 bits per heavy atom. The molecule has 0 radical (unpaired) electrons. The van der Waals surface area contributed by atoms with Crippen molar-refractivity contribution in [2.75, 3.05) is 54.1 Å². The van der Waals surface area contributed by atoms with Crippen LogP contribution in [-0.2, 0) is 27.9 Å². The molecule has 0 aromatic rings. The van der Waals surface area contributed by atoms with Crippen LogP contribution in [-0.4, -0.2) is 75.6 Å². The summed E-state index contributed by atoms with van der Waals surface area (Å²) in [5.74, 6) is -0.331. The standard InChI is InChI=1S/C45H84NO7P/c1-6-8-10-12-14-16-18-20-22-23-24-25-26-28-30-32-34-36-38-45(47)53-44(43-52-54(48,49)51-41-39-46(3,4)5)42-50-40-37-35-33-31-29-27-21-19-17-15-13-11-9-7-2/h9,11,15,17,21,27,31,33,44H,6-8,10,12-14,16,18-20,22-26,28-30,32,34-43H2,1-5H3/p+1/b11-9-,17-15-,27-21-,33-31-. The summed E-state index contributed by atoms with van der Waals surface area (Å²) in [5, 5.41) is 0. The molecule has 0 bridgehead atoms. The molecule has 0 aliphatic carbocycles. The van der Waals surface area contributed by atoms with E-state index in [1.54, 1.807) is 0 Å². The van der Waals surface area contributed by atoms with E-state index in [9.17, 15) is 14.3 Å². The third-order valence-corrected chi connectivity index (χ3v) is 10.1. The van der Waals surface area contributed by atoms with Crippen molar-refractivity contribution in [2.24, 2.45) is 0 Å². The Bertz CT molecular complexity index is 1000. The zero-order valence-electron chi connectivity index (χ0n) is 35.7. The van der Waals surface area contributed by atoms with E-state index in [-0.39, 0.29) is 25.8 Å². The molecule has 316 valence electrons. The molecule has 0 aliphatic heterocycles. The Morgan fingerprint density at radius 1 is 0.593 bits per heavy atom. The van der Waals surface area contributed by atoms with Crippen molar-refractivity contribution in [2.45, 2.75) is 180 Å². The highest BCUT2D eigenvalue weighted by atomic mass is 31.2. The van der Waals surface area contributed by atoms with Gasteiger partial charge in [0.1, 0.15) is 19.3 Å². The number of ether oxygens (including phenoxy) is 2. The van der Waals surface area contributed by atoms with E-state index in [0.29, 0.717) is 24.1 Å². The summed E-state index contributed by atoms with van der Waals surface area (Å²) in [6.45, 7) is 5.37. The number of esters is 1. The Kier molecular flexibility index (Phi) is 37.2. The van der Waals surface area contributed by atoms with Crippen LogP contribution in [0.25, 0.3) is 0 Å². The first kappa shape index (κ1) is 52.5. The summed E-state index contributed by atoms with van der Waals surface area (Å²) in [6.07, 6.45) is 45.9. The van der Waals surface area contributed by atoms with Gasteiger partial charge < -0.3 is 18.9 Å². The fourth-order valence-electron chi connectivity index (χ4n) is 5.79. The number of unbranched alkanes of at least 4 members (excludes halogenated alkanes) is 18. The normalized spacial score (nSPS) is 14.3. The van der Waals surface area contributed by atoms with Crippen molar-refractivity contribution in [3.63, 3.8) is 0 Å². The summed E-state index contributed by atoms with van der Waals surface area (Å²) in [4.78, 5) is 22.9. The number of quaternary nitrogens is 1. The molecular formula is C45H85NO7P+. The number of phosphoric acid groups is 1. The van der Waals surface area contributed by atoms with Gasteiger partial charge in [0, 0.05) is 13.0 Å². The molecule has 0 fully saturated rings. The van der Waals surface area contributed by atoms with Crippen molar-refractivity contribution in [1.82, 2.24) is 0 Å². The van der Waals surface area contributed by atoms with Crippen LogP contribution in [0.3, 0.4) is 0 Å². The Morgan fingerprint density at radius 2 is 1.06 bits per heavy atom. The van der Waals surface area contributed by atoms with Gasteiger partial charge in [0.05, 0.1) is 34.4 Å². The van der Waals surface area contributed by atoms with Gasteiger partial charge in [-0.1, -0.05) is 172 Å². The molecule has 0 amide bonds. The van der Waals surface area contributed by atoms with Crippen molar-refractivity contribution in [3.8, 4) is 0 Å². The van der Waals surface area contributed by atoms with Gasteiger partial charge in [0.2, 0.25) is 0 Å². The molecule has 0 aromatic heterocycles. The van der Waals surface area contributed by atoms with Gasteiger partial charge >= 0.3 is 13.8 Å². The number of carbonyl (C=O) groups excluding carboxylic acids is 1. The van der Waals surface area contributed by atoms with Crippen LogP contribution in [0.1, 0.15) is 174 Å². The maximum Gasteiger partial charge on any atom is 0.472 e. The molecule has 0 heterocycles. The van der Waals surface area contributed by atoms with E-state index >= 15 is 0 Å². The van der Waals surface area contributed by atoms with Crippen LogP contribution in [0.5, 0.6) is 0 Å². The SMILES string of the molecule is CC/C=C\C/C=C\C/C=C\C/C=C\CCCOCC(COP(=O)(O)OCC[N+](C)(C)C)OC(=O)CCCCCCCCCCCCCCCCCCCC. The summed E-state index contributed by atoms with van der Waals surface area (Å²) in [6, 6.07) is 0. The number of carbonyl (C=O) groups is 1. The van der Waals surface area contributed by atoms with Gasteiger partial charge in [0.25, 0.3) is 0 Å². The average Bonchev–Trinajstić information content (AvgIpc) is 3.12. The molecule has 0 rings (SSSR count). The molecule has 0 aliphatic rings. The van der Waals surface area contributed by atoms with Crippen LogP contribution >= 0.6 is 7.82 Å². The number of likely N-dealkylation sites (N-methyl/N-ethyl adjacent to an activating group) is 1. The topological polar surface area (TPSA) is 91.3 Å². The minimum absolute atomic E-state index is 0.0783. The largest absolute Gasteiger partial charge is 0.472 e. The zero-order chi connectivity index (χ0) is 39.9. The molecule has 9 heteroatoms. The lowest BCUT2D eigenvalue weighted by Crippen LogP contribution is -2.37. The fraction of sp³-hybridized carbons (Fsp3) is 0.800. The highest BCUT2D eigenvalue weighted by Gasteiger charge is 2.26. The summed E-state index contributed by atoms with van der Waals surface area (Å²) in [5.41, 5.74) is 0. The summed E-state index contributed by atoms with van der Waals surface area (Å²) in [7, 11) is 1.63. The smallest absolute Gasteiger partial charge is 0.457 e. The third-order valence-electron chi connectivity index (χ3n) is 9.15. The number of hydrogen-bond acceptors (Lipinski definition) is 6. The molecule has 0 saturated carbocycles. The second-order valence-electron chi connectivity index (χ2n) is 15.7. The minimum Gasteiger partial charge on any atom is -0.457 e. The van der Waals surface area contributed by atoms with Crippen LogP contribution in [0.4, 0.5) is 0 Å². The number of hydrogen-bond donors (Lipinski definition) is 1. The summed E-state index contributed by atoms with van der Waals surface area (Å²) < 4.78 is 34.9. The zero-order valence-corrected chi connectivity index (χ0v) is 36.6. The maximum atomic E-state index is 12.7. The van der Waals surface area contributed by atoms with Crippen molar-refractivity contribution in [1.29, 1.82) is 0 Å². The molecule has 8 nitrogen and oxygen atoms in total. The van der Waals surface area contributed by atoms with Gasteiger partial charge in [-0.15, -0.1) is 0 Å². The summed E-state index contributed by atoms with van der Waals surface area (Å²) >= 11 is 0. The number of phosphoric ester groups is 1. The monoisotopic (exact) mass is 783 g/mol. The molecule has 2 unspecified atom stereocenters. The van der Waals surface area contributed by atoms with E-state index in [2.05, 4.69) is 62.5 Å². The first-order valence-corrected chi connectivity index (χ1v) is 23.4. The van der Waals surface area contributed by atoms with Gasteiger partial charge in [-0.3, -0.25) is 13.8 Å². The van der Waals surface area contributed by atoms with Gasteiger partial charge in [-0.2, -0.15) is 0 Å². The predicted octanol–water partition coefficient (Wildman–Crippen LogP) is 12.8. The molecular weight excluding hydrogens is 697 g/mol. The van der Waals surface area contributed by atoms with E-state index in [4.69, 9.17) is 18.5 Å². The molecule has 0 aromatic carbocycles. The van der Waals surface area contributed by atoms with E-state index in [1.165, 1.54) is 96.3 Å². The van der Waals surface area contributed by atoms with E-state index in [1.807, 2.05) is 21.1 Å². The van der Waals surface area contributed by atoms with Crippen molar-refractivity contribution >= 4 is 13.8 Å². The molecule has 0 saturated heterocycles. The lowest BCUT2D eigenvalue weighted by atomic mass is 10.0. The van der Waals surface area contributed by atoms with Crippen LogP contribution < -0.4 is 0 Å². The lowest BCUT2D eigenvalue weighted by molar-refractivity contribution is -0.870. The third kappa shape index (κ3) is 41.6. The second kappa shape index (κ2) is 38.3. The van der Waals surface area contributed by atoms with Crippen LogP contribution in [0.2, 0.25) is 0 Å². The maximum absolute atomic E-state index is 12.7. The minimum atomic E-state index is -4.29. The molecule has 0 spiro atoms. The van der Waals surface area contributed by atoms with Crippen LogP contribution in [0.15, 0.2) is 48.6 Å². The lowest BCUT2D eigenvalue weighted by Gasteiger charge is -2.24. The van der Waals surface area contributed by atoms with Gasteiger partial charge in [-0.25, -0.2) is 4.57 Å².